The molecule has 0 aliphatic carbocycles. The minimum atomic E-state index is -3.88. The second-order valence-corrected chi connectivity index (χ2v) is 8.83. The summed E-state index contributed by atoms with van der Waals surface area (Å²) in [6.07, 6.45) is 0.930. The van der Waals surface area contributed by atoms with Crippen LogP contribution in [0.25, 0.3) is 0 Å². The largest absolute Gasteiger partial charge is 0.492 e. The number of non-ortho nitro benzene ring substituents is 1. The molecular formula is C19H22ClN3O6S. The van der Waals surface area contributed by atoms with Gasteiger partial charge in [0.15, 0.2) is 0 Å². The van der Waals surface area contributed by atoms with Gasteiger partial charge in [-0.3, -0.25) is 19.2 Å². The van der Waals surface area contributed by atoms with Crippen LogP contribution in [0, 0.1) is 17.0 Å². The lowest BCUT2D eigenvalue weighted by molar-refractivity contribution is -0.384. The average molecular weight is 456 g/mol. The van der Waals surface area contributed by atoms with Crippen molar-refractivity contribution in [2.24, 2.45) is 0 Å². The summed E-state index contributed by atoms with van der Waals surface area (Å²) in [5.41, 5.74) is 0.659. The second kappa shape index (κ2) is 9.77. The number of hydrogen-bond acceptors (Lipinski definition) is 6. The highest BCUT2D eigenvalue weighted by Gasteiger charge is 2.29. The van der Waals surface area contributed by atoms with E-state index in [1.165, 1.54) is 25.1 Å². The fourth-order valence-electron chi connectivity index (χ4n) is 2.71. The molecule has 0 fully saturated rings. The Kier molecular flexibility index (Phi) is 7.63. The maximum Gasteiger partial charge on any atom is 0.271 e. The first-order valence-corrected chi connectivity index (χ1v) is 11.1. The normalized spacial score (nSPS) is 12.1. The van der Waals surface area contributed by atoms with Crippen molar-refractivity contribution >= 4 is 38.9 Å². The Bertz CT molecular complexity index is 1040. The summed E-state index contributed by atoms with van der Waals surface area (Å²) in [4.78, 5) is 22.9. The van der Waals surface area contributed by atoms with Crippen LogP contribution in [0.15, 0.2) is 42.5 Å². The molecule has 0 aromatic heterocycles. The Morgan fingerprint density at radius 3 is 2.60 bits per heavy atom. The van der Waals surface area contributed by atoms with Crippen LogP contribution in [-0.2, 0) is 14.8 Å². The molecule has 11 heteroatoms. The SMILES string of the molecule is Cc1ccc(OCCNC(=O)[C@H](C)N(c2cccc([N+](=O)[O-])c2)S(C)(=O)=O)cc1Cl. The molecule has 0 unspecified atom stereocenters. The summed E-state index contributed by atoms with van der Waals surface area (Å²) in [5.74, 6) is -0.0280. The van der Waals surface area contributed by atoms with Crippen molar-refractivity contribution in [3.8, 4) is 5.75 Å². The van der Waals surface area contributed by atoms with Crippen LogP contribution in [0.5, 0.6) is 5.75 Å². The van der Waals surface area contributed by atoms with Gasteiger partial charge in [-0.1, -0.05) is 23.7 Å². The maximum absolute atomic E-state index is 12.5. The third-order valence-electron chi connectivity index (χ3n) is 4.20. The lowest BCUT2D eigenvalue weighted by Crippen LogP contribution is -2.48. The first-order valence-electron chi connectivity index (χ1n) is 8.91. The summed E-state index contributed by atoms with van der Waals surface area (Å²) in [5, 5.41) is 14.2. The summed E-state index contributed by atoms with van der Waals surface area (Å²) < 4.78 is 30.9. The van der Waals surface area contributed by atoms with E-state index in [1.807, 2.05) is 6.92 Å². The minimum absolute atomic E-state index is 0.0277. The molecule has 1 amide bonds. The summed E-state index contributed by atoms with van der Waals surface area (Å²) in [6, 6.07) is 9.18. The molecule has 0 bridgehead atoms. The highest BCUT2D eigenvalue weighted by Crippen LogP contribution is 2.25. The number of halogens is 1. The van der Waals surface area contributed by atoms with Crippen LogP contribution in [0.3, 0.4) is 0 Å². The first kappa shape index (κ1) is 23.4. The zero-order valence-electron chi connectivity index (χ0n) is 16.7. The number of nitro groups is 1. The molecule has 2 rings (SSSR count). The molecule has 2 aromatic rings. The van der Waals surface area contributed by atoms with E-state index in [2.05, 4.69) is 5.32 Å². The Morgan fingerprint density at radius 1 is 1.30 bits per heavy atom. The van der Waals surface area contributed by atoms with Gasteiger partial charge in [-0.25, -0.2) is 8.42 Å². The molecule has 1 atom stereocenters. The number of nitro benzene ring substituents is 1. The number of amides is 1. The number of benzene rings is 2. The molecule has 0 spiro atoms. The molecule has 0 aliphatic rings. The van der Waals surface area contributed by atoms with Crippen LogP contribution in [0.2, 0.25) is 5.02 Å². The van der Waals surface area contributed by atoms with Gasteiger partial charge in [-0.2, -0.15) is 0 Å². The maximum atomic E-state index is 12.5. The fraction of sp³-hybridized carbons (Fsp3) is 0.316. The quantitative estimate of drug-likeness (QED) is 0.352. The van der Waals surface area contributed by atoms with Gasteiger partial charge in [-0.05, 0) is 37.6 Å². The van der Waals surface area contributed by atoms with Gasteiger partial charge in [0.05, 0.1) is 23.4 Å². The molecule has 0 saturated carbocycles. The Labute approximate surface area is 179 Å². The van der Waals surface area contributed by atoms with E-state index in [1.54, 1.807) is 18.2 Å². The molecule has 162 valence electrons. The number of nitrogens with zero attached hydrogens (tertiary/aromatic N) is 2. The highest BCUT2D eigenvalue weighted by atomic mass is 35.5. The van der Waals surface area contributed by atoms with E-state index >= 15 is 0 Å². The number of carbonyl (C=O) groups excluding carboxylic acids is 1. The van der Waals surface area contributed by atoms with Gasteiger partial charge in [0.2, 0.25) is 15.9 Å². The molecule has 1 N–H and O–H groups in total. The lowest BCUT2D eigenvalue weighted by Gasteiger charge is -2.28. The van der Waals surface area contributed by atoms with E-state index in [4.69, 9.17) is 16.3 Å². The Morgan fingerprint density at radius 2 is 2.00 bits per heavy atom. The number of aryl methyl sites for hydroxylation is 1. The van der Waals surface area contributed by atoms with Gasteiger partial charge < -0.3 is 10.1 Å². The van der Waals surface area contributed by atoms with Crippen molar-refractivity contribution in [3.63, 3.8) is 0 Å². The van der Waals surface area contributed by atoms with Crippen LogP contribution in [-0.4, -0.2) is 44.7 Å². The smallest absolute Gasteiger partial charge is 0.271 e. The zero-order chi connectivity index (χ0) is 22.5. The standard InChI is InChI=1S/C19H22ClN3O6S/c1-13-7-8-17(12-18(13)20)29-10-9-21-19(24)14(2)22(30(3,27)28)15-5-4-6-16(11-15)23(25)26/h4-8,11-12,14H,9-10H2,1-3H3,(H,21,24)/t14-/m0/s1. The minimum Gasteiger partial charge on any atom is -0.492 e. The molecule has 9 nitrogen and oxygen atoms in total. The third-order valence-corrected chi connectivity index (χ3v) is 5.85. The van der Waals surface area contributed by atoms with Crippen molar-refractivity contribution in [3.05, 3.63) is 63.2 Å². The van der Waals surface area contributed by atoms with Gasteiger partial charge in [-0.15, -0.1) is 0 Å². The first-order chi connectivity index (χ1) is 14.0. The topological polar surface area (TPSA) is 119 Å². The molecule has 0 aliphatic heterocycles. The fourth-order valence-corrected chi connectivity index (χ4v) is 4.04. The number of nitrogens with one attached hydrogen (secondary N) is 1. The highest BCUT2D eigenvalue weighted by molar-refractivity contribution is 7.92. The van der Waals surface area contributed by atoms with Crippen molar-refractivity contribution in [2.45, 2.75) is 19.9 Å². The van der Waals surface area contributed by atoms with Crippen molar-refractivity contribution in [1.29, 1.82) is 0 Å². The van der Waals surface area contributed by atoms with Gasteiger partial charge in [0.1, 0.15) is 18.4 Å². The lowest BCUT2D eigenvalue weighted by atomic mass is 10.2. The number of hydrogen-bond donors (Lipinski definition) is 1. The van der Waals surface area contributed by atoms with E-state index in [0.717, 1.165) is 22.2 Å². The third kappa shape index (κ3) is 6.07. The predicted molar refractivity (Wildman–Crippen MR) is 115 cm³/mol. The second-order valence-electron chi connectivity index (χ2n) is 6.56. The summed E-state index contributed by atoms with van der Waals surface area (Å²) in [6.45, 7) is 3.53. The van der Waals surface area contributed by atoms with E-state index in [9.17, 15) is 23.3 Å². The monoisotopic (exact) mass is 455 g/mol. The van der Waals surface area contributed by atoms with Crippen LogP contribution in [0.4, 0.5) is 11.4 Å². The average Bonchev–Trinajstić information content (AvgIpc) is 2.67. The van der Waals surface area contributed by atoms with Crippen LogP contribution in [0.1, 0.15) is 12.5 Å². The number of anilines is 1. The number of ether oxygens (including phenoxy) is 1. The molecule has 0 heterocycles. The van der Waals surface area contributed by atoms with E-state index in [-0.39, 0.29) is 24.5 Å². The molecule has 0 radical (unpaired) electrons. The summed E-state index contributed by atoms with van der Waals surface area (Å²) in [7, 11) is -3.88. The van der Waals surface area contributed by atoms with Gasteiger partial charge in [0, 0.05) is 17.2 Å². The molecule has 0 saturated heterocycles. The van der Waals surface area contributed by atoms with Crippen LogP contribution >= 0.6 is 11.6 Å². The zero-order valence-corrected chi connectivity index (χ0v) is 18.2. The van der Waals surface area contributed by atoms with E-state index < -0.39 is 26.9 Å². The number of rotatable bonds is 9. The van der Waals surface area contributed by atoms with Crippen molar-refractivity contribution < 1.29 is 22.9 Å². The Hall–Kier alpha value is -2.85. The van der Waals surface area contributed by atoms with Crippen molar-refractivity contribution in [2.75, 3.05) is 23.7 Å². The Balaban J connectivity index is 2.04. The molecular weight excluding hydrogens is 434 g/mol. The number of carbonyl (C=O) groups is 1. The van der Waals surface area contributed by atoms with E-state index in [0.29, 0.717) is 10.8 Å². The molecule has 2 aromatic carbocycles. The van der Waals surface area contributed by atoms with Crippen molar-refractivity contribution in [1.82, 2.24) is 5.32 Å². The molecule has 30 heavy (non-hydrogen) atoms. The predicted octanol–water partition coefficient (Wildman–Crippen LogP) is 2.91. The van der Waals surface area contributed by atoms with Crippen LogP contribution < -0.4 is 14.4 Å². The van der Waals surface area contributed by atoms with Gasteiger partial charge >= 0.3 is 0 Å². The van der Waals surface area contributed by atoms with Gasteiger partial charge in [0.25, 0.3) is 5.69 Å². The number of sulfonamides is 1. The summed E-state index contributed by atoms with van der Waals surface area (Å²) >= 11 is 6.03.